The van der Waals surface area contributed by atoms with Gasteiger partial charge in [-0.25, -0.2) is 12.7 Å². The summed E-state index contributed by atoms with van der Waals surface area (Å²) in [6.07, 6.45) is 15.2. The molecule has 10 nitrogen and oxygen atoms in total. The zero-order valence-electron chi connectivity index (χ0n) is 29.8. The third-order valence-corrected chi connectivity index (χ3v) is 12.1. The van der Waals surface area contributed by atoms with Gasteiger partial charge < -0.3 is 10.0 Å². The normalized spacial score (nSPS) is 18.0. The molecule has 0 spiro atoms. The number of carboxylic acid groups (broad SMARTS) is 1. The topological polar surface area (TPSA) is 135 Å². The third-order valence-electron chi connectivity index (χ3n) is 9.42. The van der Waals surface area contributed by atoms with Crippen LogP contribution in [0.4, 0.5) is 11.4 Å². The first kappa shape index (κ1) is 39.0. The predicted molar refractivity (Wildman–Crippen MR) is 200 cm³/mol. The number of carboxylic acids is 1. The van der Waals surface area contributed by atoms with E-state index in [1.807, 2.05) is 60.7 Å². The zero-order valence-corrected chi connectivity index (χ0v) is 31.5. The molecule has 0 unspecified atom stereocenters. The smallest absolute Gasteiger partial charge is 0.303 e. The van der Waals surface area contributed by atoms with Gasteiger partial charge >= 0.3 is 5.97 Å². The lowest BCUT2D eigenvalue weighted by atomic mass is 9.81. The summed E-state index contributed by atoms with van der Waals surface area (Å²) in [4.78, 5) is 13.3. The molecule has 0 fully saturated rings. The Kier molecular flexibility index (Phi) is 12.1. The maximum absolute atomic E-state index is 13.4. The molecule has 0 radical (unpaired) electrons. The van der Waals surface area contributed by atoms with Crippen molar-refractivity contribution in [2.45, 2.75) is 76.0 Å². The van der Waals surface area contributed by atoms with Crippen LogP contribution in [0.3, 0.4) is 0 Å². The minimum Gasteiger partial charge on any atom is -0.481 e. The maximum Gasteiger partial charge on any atom is 0.303 e. The van der Waals surface area contributed by atoms with Crippen LogP contribution in [0.15, 0.2) is 95.6 Å². The van der Waals surface area contributed by atoms with Crippen LogP contribution in [0.1, 0.15) is 71.4 Å². The number of nitrogens with zero attached hydrogens (tertiary/aromatic N) is 3. The van der Waals surface area contributed by atoms with Crippen LogP contribution in [0.25, 0.3) is 0 Å². The lowest BCUT2D eigenvalue weighted by Gasteiger charge is -2.26. The average molecular weight is 725 g/mol. The van der Waals surface area contributed by atoms with Gasteiger partial charge in [0.15, 0.2) is 5.71 Å². The molecule has 270 valence electrons. The first-order valence-electron chi connectivity index (χ1n) is 16.9. The van der Waals surface area contributed by atoms with Gasteiger partial charge in [-0.1, -0.05) is 69.4 Å². The van der Waals surface area contributed by atoms with Crippen molar-refractivity contribution in [1.29, 1.82) is 0 Å². The lowest BCUT2D eigenvalue weighted by Crippen LogP contribution is -2.28. The Morgan fingerprint density at radius 1 is 0.920 bits per heavy atom. The van der Waals surface area contributed by atoms with Crippen LogP contribution in [0.5, 0.6) is 0 Å². The number of sulfonamides is 1. The van der Waals surface area contributed by atoms with Gasteiger partial charge in [-0.2, -0.15) is 13.0 Å². The molecule has 2 aliphatic heterocycles. The molecule has 2 aromatic carbocycles. The number of anilines is 1. The number of aliphatic carboxylic acids is 1. The van der Waals surface area contributed by atoms with Crippen LogP contribution >= 0.6 is 0 Å². The second kappa shape index (κ2) is 15.6. The summed E-state index contributed by atoms with van der Waals surface area (Å²) in [7, 11) is -6.36. The van der Waals surface area contributed by atoms with Gasteiger partial charge in [0.05, 0.1) is 16.1 Å². The van der Waals surface area contributed by atoms with Gasteiger partial charge in [-0.05, 0) is 56.5 Å². The van der Waals surface area contributed by atoms with Crippen molar-refractivity contribution < 1.29 is 35.9 Å². The molecule has 0 bridgehead atoms. The molecule has 2 heterocycles. The minimum atomic E-state index is -4.04. The second-order valence-corrected chi connectivity index (χ2v) is 17.4. The van der Waals surface area contributed by atoms with Crippen molar-refractivity contribution in [1.82, 2.24) is 4.31 Å². The van der Waals surface area contributed by atoms with Gasteiger partial charge in [0.25, 0.3) is 10.1 Å². The number of fused-ring (bicyclic) bond motifs is 2. The number of hydrogen-bond donors (Lipinski definition) is 2. The molecule has 0 aliphatic carbocycles. The van der Waals surface area contributed by atoms with Gasteiger partial charge in [0.2, 0.25) is 15.7 Å². The number of para-hydroxylation sites is 1. The van der Waals surface area contributed by atoms with E-state index in [0.717, 1.165) is 46.9 Å². The Balaban J connectivity index is 1.54. The van der Waals surface area contributed by atoms with Crippen molar-refractivity contribution in [2.24, 2.45) is 0 Å². The Bertz CT molecular complexity index is 1970. The fraction of sp³-hybridized carbons (Fsp3) is 0.421. The fourth-order valence-electron chi connectivity index (χ4n) is 6.81. The summed E-state index contributed by atoms with van der Waals surface area (Å²) in [5.74, 6) is -1.25. The summed E-state index contributed by atoms with van der Waals surface area (Å²) in [5, 5.41) is 8.94. The molecule has 50 heavy (non-hydrogen) atoms. The van der Waals surface area contributed by atoms with Crippen molar-refractivity contribution in [3.8, 4) is 0 Å². The standard InChI is InChI=1S/C38H49N3O7S2/c1-7-24-40-33-23-22-29(50(47,48)39(6)25-15-21-36(42)43)28-31(33)38(4,5)35(40)20-12-10-8-9-11-19-34-37(2,3)30-17-13-14-18-32(30)41(34)26-16-27-49(44,45)46/h8-14,17-20,22-23,28H,7,15-16,21,24-27H2,1-6H3,(H-,42,43,44,45,46)/p+1. The highest BCUT2D eigenvalue weighted by molar-refractivity contribution is 7.89. The van der Waals surface area contributed by atoms with E-state index in [-0.39, 0.29) is 35.4 Å². The highest BCUT2D eigenvalue weighted by Crippen LogP contribution is 2.48. The first-order chi connectivity index (χ1) is 23.4. The van der Waals surface area contributed by atoms with E-state index >= 15 is 0 Å². The van der Waals surface area contributed by atoms with Gasteiger partial charge in [-0.3, -0.25) is 9.35 Å². The first-order valence-corrected chi connectivity index (χ1v) is 20.0. The van der Waals surface area contributed by atoms with E-state index in [4.69, 9.17) is 5.11 Å². The molecule has 0 amide bonds. The van der Waals surface area contributed by atoms with E-state index in [1.165, 1.54) is 11.4 Å². The molecular weight excluding hydrogens is 675 g/mol. The molecule has 0 saturated heterocycles. The van der Waals surface area contributed by atoms with Crippen LogP contribution in [-0.4, -0.2) is 79.5 Å². The molecule has 0 aromatic heterocycles. The minimum absolute atomic E-state index is 0.0940. The highest BCUT2D eigenvalue weighted by Gasteiger charge is 2.44. The van der Waals surface area contributed by atoms with E-state index in [0.29, 0.717) is 13.0 Å². The Morgan fingerprint density at radius 2 is 1.60 bits per heavy atom. The number of rotatable bonds is 16. The Morgan fingerprint density at radius 3 is 2.28 bits per heavy atom. The lowest BCUT2D eigenvalue weighted by molar-refractivity contribution is -0.437. The number of allylic oxidation sites excluding steroid dienone is 8. The predicted octanol–water partition coefficient (Wildman–Crippen LogP) is 6.59. The summed E-state index contributed by atoms with van der Waals surface area (Å²) >= 11 is 0. The van der Waals surface area contributed by atoms with Crippen LogP contribution in [0.2, 0.25) is 0 Å². The number of benzene rings is 2. The molecular formula is C38H50N3O7S2+. The zero-order chi connectivity index (χ0) is 36.9. The summed E-state index contributed by atoms with van der Waals surface area (Å²) in [6.45, 7) is 11.9. The largest absolute Gasteiger partial charge is 0.481 e. The maximum atomic E-state index is 13.4. The van der Waals surface area contributed by atoms with Crippen LogP contribution < -0.4 is 4.90 Å². The molecule has 4 rings (SSSR count). The second-order valence-electron chi connectivity index (χ2n) is 13.8. The molecule has 12 heteroatoms. The van der Waals surface area contributed by atoms with Crippen LogP contribution in [0, 0.1) is 0 Å². The molecule has 2 aromatic rings. The Hall–Kier alpha value is -3.84. The highest BCUT2D eigenvalue weighted by atomic mass is 32.2. The third kappa shape index (κ3) is 8.54. The van der Waals surface area contributed by atoms with Gasteiger partial charge in [-0.15, -0.1) is 0 Å². The van der Waals surface area contributed by atoms with Gasteiger partial charge in [0.1, 0.15) is 6.54 Å². The van der Waals surface area contributed by atoms with Crippen LogP contribution in [-0.2, 0) is 35.8 Å². The monoisotopic (exact) mass is 724 g/mol. The SMILES string of the molecule is CCCN1/C(=C/C=C/C=C/C=C/C2=[N+](CCCS(=O)(=O)O)c3ccccc3C2(C)C)C(C)(C)c2cc(S(=O)(=O)N(C)CCCC(=O)O)ccc21. The van der Waals surface area contributed by atoms with Crippen molar-refractivity contribution in [3.63, 3.8) is 0 Å². The average Bonchev–Trinajstić information content (AvgIpc) is 3.38. The van der Waals surface area contributed by atoms with Crippen molar-refractivity contribution in [2.75, 3.05) is 37.3 Å². The number of carbonyl (C=O) groups is 1. The van der Waals surface area contributed by atoms with E-state index in [2.05, 4.69) is 56.2 Å². The summed E-state index contributed by atoms with van der Waals surface area (Å²) in [6, 6.07) is 13.3. The quantitative estimate of drug-likeness (QED) is 0.113. The molecule has 0 saturated carbocycles. The number of hydrogen-bond acceptors (Lipinski definition) is 6. The van der Waals surface area contributed by atoms with Crippen molar-refractivity contribution in [3.05, 3.63) is 102 Å². The van der Waals surface area contributed by atoms with Crippen molar-refractivity contribution >= 4 is 43.2 Å². The fourth-order valence-corrected chi connectivity index (χ4v) is 8.54. The molecule has 2 aliphatic rings. The van der Waals surface area contributed by atoms with E-state index in [9.17, 15) is 26.2 Å². The van der Waals surface area contributed by atoms with E-state index < -0.39 is 31.5 Å². The molecule has 2 N–H and O–H groups in total. The summed E-state index contributed by atoms with van der Waals surface area (Å²) < 4.78 is 62.1. The van der Waals surface area contributed by atoms with E-state index in [1.54, 1.807) is 12.1 Å². The molecule has 0 atom stereocenters. The Labute approximate surface area is 297 Å². The van der Waals surface area contributed by atoms with Gasteiger partial charge in [0, 0.05) is 67.5 Å². The summed E-state index contributed by atoms with van der Waals surface area (Å²) in [5.41, 5.74) is 5.42.